The van der Waals surface area contributed by atoms with Crippen molar-refractivity contribution in [3.63, 3.8) is 0 Å². The number of ether oxygens (including phenoxy) is 4. The number of nitrogens with one attached hydrogen (secondary N) is 1. The third kappa shape index (κ3) is 8.70. The average Bonchev–Trinajstić information content (AvgIpc) is 3.64. The number of benzene rings is 2. The van der Waals surface area contributed by atoms with Gasteiger partial charge in [0.2, 0.25) is 11.8 Å². The second-order valence-corrected chi connectivity index (χ2v) is 13.9. The summed E-state index contributed by atoms with van der Waals surface area (Å²) in [4.78, 5) is 59.0. The molecule has 0 saturated carbocycles. The van der Waals surface area contributed by atoms with Gasteiger partial charge in [-0.25, -0.2) is 8.78 Å². The van der Waals surface area contributed by atoms with E-state index in [1.807, 2.05) is 17.7 Å². The normalized spacial score (nSPS) is 15.6. The Balaban J connectivity index is 0.709. The van der Waals surface area contributed by atoms with Crippen LogP contribution >= 0.6 is 0 Å². The van der Waals surface area contributed by atoms with Crippen LogP contribution in [-0.2, 0) is 37.3 Å². The number of hydrogen-bond acceptors (Lipinski definition) is 10. The summed E-state index contributed by atoms with van der Waals surface area (Å²) in [5.74, 6) is -3.62. The van der Waals surface area contributed by atoms with Crippen molar-refractivity contribution in [1.82, 2.24) is 24.8 Å². The van der Waals surface area contributed by atoms with E-state index in [1.165, 1.54) is 12.1 Å². The monoisotopic (exact) mass is 783 g/mol. The molecule has 1 atom stereocenters. The first-order valence-electron chi connectivity index (χ1n) is 19.1. The summed E-state index contributed by atoms with van der Waals surface area (Å²) in [5, 5.41) is 2.99. The quantitative estimate of drug-likeness (QED) is 0.0816. The van der Waals surface area contributed by atoms with Gasteiger partial charge in [0, 0.05) is 66.3 Å². The van der Waals surface area contributed by atoms with E-state index in [0.29, 0.717) is 55.3 Å². The first-order valence-corrected chi connectivity index (χ1v) is 19.1. The number of aryl methyl sites for hydroxylation is 2. The molecule has 2 aliphatic heterocycles. The lowest BCUT2D eigenvalue weighted by Gasteiger charge is -2.27. The molecule has 0 spiro atoms. The van der Waals surface area contributed by atoms with Crippen molar-refractivity contribution < 1.29 is 46.9 Å². The molecule has 57 heavy (non-hydrogen) atoms. The number of nitrogens with zero attached hydrogens (tertiary/aromatic N) is 4. The largest absolute Gasteiger partial charge is 0.491 e. The van der Waals surface area contributed by atoms with Crippen LogP contribution in [0.4, 0.5) is 8.78 Å². The molecule has 0 aliphatic carbocycles. The van der Waals surface area contributed by atoms with Crippen LogP contribution in [0.25, 0.3) is 32.9 Å². The van der Waals surface area contributed by atoms with Gasteiger partial charge in [-0.05, 0) is 62.1 Å². The van der Waals surface area contributed by atoms with Gasteiger partial charge in [0.25, 0.3) is 11.8 Å². The van der Waals surface area contributed by atoms with E-state index < -0.39 is 41.3 Å². The summed E-state index contributed by atoms with van der Waals surface area (Å²) in [7, 11) is 1.83. The molecule has 4 amide bonds. The number of imide groups is 2. The van der Waals surface area contributed by atoms with E-state index in [9.17, 15) is 19.2 Å². The van der Waals surface area contributed by atoms with Gasteiger partial charge < -0.3 is 23.5 Å². The number of halogens is 2. The van der Waals surface area contributed by atoms with Gasteiger partial charge in [-0.15, -0.1) is 0 Å². The minimum absolute atomic E-state index is 0.0572. The molecule has 15 heteroatoms. The van der Waals surface area contributed by atoms with Crippen molar-refractivity contribution in [2.45, 2.75) is 51.0 Å². The fourth-order valence-corrected chi connectivity index (χ4v) is 7.24. The van der Waals surface area contributed by atoms with Crippen molar-refractivity contribution in [3.8, 4) is 16.9 Å². The Morgan fingerprint density at radius 3 is 2.25 bits per heavy atom. The summed E-state index contributed by atoms with van der Waals surface area (Å²) in [5.41, 5.74) is 3.33. The van der Waals surface area contributed by atoms with Crippen LogP contribution in [0.3, 0.4) is 0 Å². The Labute approximate surface area is 327 Å². The number of hydrogen-bond donors (Lipinski definition) is 1. The summed E-state index contributed by atoms with van der Waals surface area (Å²) in [6, 6.07) is 10.7. The molecule has 1 saturated heterocycles. The Morgan fingerprint density at radius 1 is 0.754 bits per heavy atom. The Kier molecular flexibility index (Phi) is 12.6. The number of carbonyl (C=O) groups is 4. The number of aromatic nitrogens is 3. The Morgan fingerprint density at radius 2 is 1.49 bits per heavy atom. The number of rotatable bonds is 19. The highest BCUT2D eigenvalue weighted by atomic mass is 19.2. The lowest BCUT2D eigenvalue weighted by atomic mass is 10.0. The predicted molar refractivity (Wildman–Crippen MR) is 205 cm³/mol. The van der Waals surface area contributed by atoms with Crippen molar-refractivity contribution in [2.75, 3.05) is 46.2 Å². The minimum Gasteiger partial charge on any atom is -0.491 e. The Bertz CT molecular complexity index is 2300. The summed E-state index contributed by atoms with van der Waals surface area (Å²) in [6.45, 7) is 2.84. The maximum Gasteiger partial charge on any atom is 0.262 e. The molecule has 0 radical (unpaired) electrons. The number of pyridine rings is 2. The van der Waals surface area contributed by atoms with Crippen molar-refractivity contribution in [3.05, 3.63) is 89.5 Å². The molecule has 2 aromatic carbocycles. The number of amides is 4. The lowest BCUT2D eigenvalue weighted by molar-refractivity contribution is -0.136. The van der Waals surface area contributed by atoms with Gasteiger partial charge in [0.15, 0.2) is 11.6 Å². The van der Waals surface area contributed by atoms with Crippen LogP contribution < -0.4 is 10.1 Å². The number of fused-ring (bicyclic) bond motifs is 4. The molecule has 298 valence electrons. The van der Waals surface area contributed by atoms with Gasteiger partial charge >= 0.3 is 0 Å². The van der Waals surface area contributed by atoms with E-state index in [0.717, 1.165) is 48.2 Å². The molecular formula is C42H43F2N5O8. The fraction of sp³-hybridized carbons (Fsp3) is 0.381. The van der Waals surface area contributed by atoms with Gasteiger partial charge in [-0.1, -0.05) is 18.9 Å². The molecule has 13 nitrogen and oxygen atoms in total. The van der Waals surface area contributed by atoms with E-state index >= 15 is 8.78 Å². The third-order valence-electron chi connectivity index (χ3n) is 10.2. The predicted octanol–water partition coefficient (Wildman–Crippen LogP) is 5.70. The van der Waals surface area contributed by atoms with Crippen molar-refractivity contribution >= 4 is 45.4 Å². The van der Waals surface area contributed by atoms with Crippen LogP contribution in [0.1, 0.15) is 64.9 Å². The van der Waals surface area contributed by atoms with Crippen molar-refractivity contribution in [1.29, 1.82) is 0 Å². The summed E-state index contributed by atoms with van der Waals surface area (Å²) >= 11 is 0. The molecule has 1 fully saturated rings. The molecule has 1 unspecified atom stereocenters. The smallest absolute Gasteiger partial charge is 0.262 e. The first-order chi connectivity index (χ1) is 27.7. The van der Waals surface area contributed by atoms with Gasteiger partial charge in [0.05, 0.1) is 55.2 Å². The average molecular weight is 784 g/mol. The van der Waals surface area contributed by atoms with Gasteiger partial charge in [-0.2, -0.15) is 0 Å². The zero-order valence-corrected chi connectivity index (χ0v) is 31.6. The SMILES string of the molecule is Cn1c2ccncc2c2c(F)c(F)c(-c3ccc(CCCCCCOCCOCCOCCOc4ccc5c(c4)C(=O)N(C4CCC(=O)NC4=O)C5=O)nc3)cc21. The van der Waals surface area contributed by atoms with Crippen LogP contribution in [0.5, 0.6) is 5.75 Å². The zero-order chi connectivity index (χ0) is 39.9. The molecular weight excluding hydrogens is 740 g/mol. The molecule has 3 aromatic heterocycles. The first kappa shape index (κ1) is 39.6. The highest BCUT2D eigenvalue weighted by Gasteiger charge is 2.44. The zero-order valence-electron chi connectivity index (χ0n) is 31.6. The molecule has 2 aliphatic rings. The van der Waals surface area contributed by atoms with E-state index in [-0.39, 0.29) is 48.1 Å². The maximum absolute atomic E-state index is 15.2. The second kappa shape index (κ2) is 18.1. The van der Waals surface area contributed by atoms with Crippen LogP contribution in [0, 0.1) is 11.6 Å². The molecule has 7 rings (SSSR count). The number of piperidine rings is 1. The topological polar surface area (TPSA) is 151 Å². The van der Waals surface area contributed by atoms with Crippen molar-refractivity contribution in [2.24, 2.45) is 7.05 Å². The number of carbonyl (C=O) groups excluding carboxylic acids is 4. The van der Waals surface area contributed by atoms with Crippen LogP contribution in [0.2, 0.25) is 0 Å². The fourth-order valence-electron chi connectivity index (χ4n) is 7.24. The Hall–Kier alpha value is -5.64. The third-order valence-corrected chi connectivity index (χ3v) is 10.2. The highest BCUT2D eigenvalue weighted by molar-refractivity contribution is 6.23. The molecule has 1 N–H and O–H groups in total. The molecule has 0 bridgehead atoms. The van der Waals surface area contributed by atoms with E-state index in [1.54, 1.807) is 42.9 Å². The van der Waals surface area contributed by atoms with E-state index in [2.05, 4.69) is 15.3 Å². The van der Waals surface area contributed by atoms with Gasteiger partial charge in [0.1, 0.15) is 18.4 Å². The standard InChI is InChI=1S/C42H43F2N5O8/c1-48-33-13-14-45-25-32(33)37-35(48)23-30(38(43)39(37)44)26-7-8-27(46-24-26)6-4-2-3-5-15-54-16-17-55-18-19-56-20-21-57-28-9-10-29-31(22-28)42(53)49(41(29)52)34-11-12-36(50)47-40(34)51/h7-10,13-14,22-25,34H,2-6,11-12,15-21H2,1H3,(H,47,50,51). The molecule has 5 heterocycles. The van der Waals surface area contributed by atoms with Crippen LogP contribution in [0.15, 0.2) is 61.1 Å². The van der Waals surface area contributed by atoms with Gasteiger partial charge in [-0.3, -0.25) is 39.4 Å². The van der Waals surface area contributed by atoms with Crippen LogP contribution in [-0.4, -0.2) is 95.4 Å². The lowest BCUT2D eigenvalue weighted by Crippen LogP contribution is -2.54. The minimum atomic E-state index is -1.02. The highest BCUT2D eigenvalue weighted by Crippen LogP contribution is 2.36. The maximum atomic E-state index is 15.2. The summed E-state index contributed by atoms with van der Waals surface area (Å²) < 4.78 is 54.8. The second-order valence-electron chi connectivity index (χ2n) is 13.9. The molecule has 5 aromatic rings. The van der Waals surface area contributed by atoms with E-state index in [4.69, 9.17) is 18.9 Å². The summed E-state index contributed by atoms with van der Waals surface area (Å²) in [6.07, 6.45) is 9.66. The number of unbranched alkanes of at least 4 members (excludes halogenated alkanes) is 3.